The Labute approximate surface area is 115 Å². The van der Waals surface area contributed by atoms with E-state index in [4.69, 9.17) is 5.73 Å². The van der Waals surface area contributed by atoms with Gasteiger partial charge in [0.15, 0.2) is 0 Å². The number of alkyl halides is 3. The summed E-state index contributed by atoms with van der Waals surface area (Å²) in [6.07, 6.45) is -3.76. The molecule has 2 aromatic carbocycles. The molecule has 0 spiro atoms. The van der Waals surface area contributed by atoms with Gasteiger partial charge in [0.2, 0.25) is 0 Å². The standard InChI is InChI=1S/C15H15F3N2/c16-15(17,18)13-10-12(19)6-7-14(13)20-9-8-11-4-2-1-3-5-11/h1-7,10,20H,8-9,19H2. The molecule has 106 valence electrons. The highest BCUT2D eigenvalue weighted by atomic mass is 19.4. The predicted molar refractivity (Wildman–Crippen MR) is 74.5 cm³/mol. The first-order valence-electron chi connectivity index (χ1n) is 6.21. The normalized spacial score (nSPS) is 11.3. The number of nitrogens with one attached hydrogen (secondary N) is 1. The fraction of sp³-hybridized carbons (Fsp3) is 0.200. The first-order valence-corrected chi connectivity index (χ1v) is 6.21. The highest BCUT2D eigenvalue weighted by Crippen LogP contribution is 2.35. The van der Waals surface area contributed by atoms with Crippen LogP contribution in [0, 0.1) is 0 Å². The van der Waals surface area contributed by atoms with Crippen molar-refractivity contribution >= 4 is 11.4 Å². The minimum absolute atomic E-state index is 0.0580. The summed E-state index contributed by atoms with van der Waals surface area (Å²) in [4.78, 5) is 0. The maximum Gasteiger partial charge on any atom is 0.418 e. The second kappa shape index (κ2) is 5.86. The fourth-order valence-corrected chi connectivity index (χ4v) is 1.94. The maximum absolute atomic E-state index is 12.9. The minimum Gasteiger partial charge on any atom is -0.399 e. The van der Waals surface area contributed by atoms with Crippen LogP contribution in [-0.4, -0.2) is 6.54 Å². The van der Waals surface area contributed by atoms with E-state index in [0.29, 0.717) is 13.0 Å². The third kappa shape index (κ3) is 3.66. The molecule has 0 bridgehead atoms. The van der Waals surface area contributed by atoms with Gasteiger partial charge in [-0.1, -0.05) is 30.3 Å². The van der Waals surface area contributed by atoms with Crippen LogP contribution in [0.1, 0.15) is 11.1 Å². The molecule has 0 heterocycles. The quantitative estimate of drug-likeness (QED) is 0.832. The maximum atomic E-state index is 12.9. The van der Waals surface area contributed by atoms with Crippen LogP contribution in [0.4, 0.5) is 24.5 Å². The number of benzene rings is 2. The SMILES string of the molecule is Nc1ccc(NCCc2ccccc2)c(C(F)(F)F)c1. The van der Waals surface area contributed by atoms with Crippen molar-refractivity contribution in [2.45, 2.75) is 12.6 Å². The molecule has 2 nitrogen and oxygen atoms in total. The Morgan fingerprint density at radius 2 is 1.70 bits per heavy atom. The van der Waals surface area contributed by atoms with Gasteiger partial charge in [0.05, 0.1) is 5.56 Å². The lowest BCUT2D eigenvalue weighted by Crippen LogP contribution is -2.13. The van der Waals surface area contributed by atoms with Crippen LogP contribution in [0.3, 0.4) is 0 Å². The molecule has 0 aliphatic heterocycles. The van der Waals surface area contributed by atoms with Crippen LogP contribution in [0.5, 0.6) is 0 Å². The van der Waals surface area contributed by atoms with Crippen molar-refractivity contribution in [2.24, 2.45) is 0 Å². The van der Waals surface area contributed by atoms with Crippen LogP contribution in [0.25, 0.3) is 0 Å². The Kier molecular flexibility index (Phi) is 4.17. The summed E-state index contributed by atoms with van der Waals surface area (Å²) in [7, 11) is 0. The van der Waals surface area contributed by atoms with Gasteiger partial charge in [0, 0.05) is 17.9 Å². The zero-order chi connectivity index (χ0) is 14.6. The number of nitrogen functional groups attached to an aromatic ring is 1. The molecule has 0 fully saturated rings. The largest absolute Gasteiger partial charge is 0.418 e. The van der Waals surface area contributed by atoms with Gasteiger partial charge in [-0.15, -0.1) is 0 Å². The summed E-state index contributed by atoms with van der Waals surface area (Å²) in [5.41, 5.74) is 5.92. The second-order valence-corrected chi connectivity index (χ2v) is 4.47. The van der Waals surface area contributed by atoms with Gasteiger partial charge in [0.25, 0.3) is 0 Å². The lowest BCUT2D eigenvalue weighted by molar-refractivity contribution is -0.136. The number of halogens is 3. The minimum atomic E-state index is -4.41. The van der Waals surface area contributed by atoms with E-state index in [1.807, 2.05) is 30.3 Å². The molecule has 0 saturated heterocycles. The lowest BCUT2D eigenvalue weighted by atomic mass is 10.1. The zero-order valence-corrected chi connectivity index (χ0v) is 10.7. The molecule has 0 amide bonds. The van der Waals surface area contributed by atoms with Crippen molar-refractivity contribution in [1.29, 1.82) is 0 Å². The van der Waals surface area contributed by atoms with E-state index in [2.05, 4.69) is 5.32 Å². The van der Waals surface area contributed by atoms with Gasteiger partial charge in [-0.25, -0.2) is 0 Å². The molecule has 3 N–H and O–H groups in total. The third-order valence-electron chi connectivity index (χ3n) is 2.92. The molecular weight excluding hydrogens is 265 g/mol. The van der Waals surface area contributed by atoms with Crippen LogP contribution in [0.2, 0.25) is 0 Å². The molecular formula is C15H15F3N2. The molecule has 20 heavy (non-hydrogen) atoms. The number of nitrogens with two attached hydrogens (primary N) is 1. The van der Waals surface area contributed by atoms with Gasteiger partial charge in [0.1, 0.15) is 0 Å². The van der Waals surface area contributed by atoms with Crippen molar-refractivity contribution in [2.75, 3.05) is 17.6 Å². The van der Waals surface area contributed by atoms with Crippen LogP contribution in [-0.2, 0) is 12.6 Å². The molecule has 0 radical (unpaired) electrons. The summed E-state index contributed by atoms with van der Waals surface area (Å²) in [5.74, 6) is 0. The molecule has 2 aromatic rings. The van der Waals surface area contributed by atoms with Crippen molar-refractivity contribution in [1.82, 2.24) is 0 Å². The molecule has 0 unspecified atom stereocenters. The molecule has 0 aliphatic rings. The Hall–Kier alpha value is -2.17. The fourth-order valence-electron chi connectivity index (χ4n) is 1.94. The number of rotatable bonds is 4. The van der Waals surface area contributed by atoms with Crippen LogP contribution in [0.15, 0.2) is 48.5 Å². The van der Waals surface area contributed by atoms with Gasteiger partial charge in [-0.3, -0.25) is 0 Å². The number of hydrogen-bond acceptors (Lipinski definition) is 2. The van der Waals surface area contributed by atoms with E-state index in [9.17, 15) is 13.2 Å². The summed E-state index contributed by atoms with van der Waals surface area (Å²) in [6, 6.07) is 13.4. The zero-order valence-electron chi connectivity index (χ0n) is 10.7. The monoisotopic (exact) mass is 280 g/mol. The first kappa shape index (κ1) is 14.2. The molecule has 0 saturated carbocycles. The van der Waals surface area contributed by atoms with Crippen LogP contribution >= 0.6 is 0 Å². The predicted octanol–water partition coefficient (Wildman–Crippen LogP) is 3.94. The highest BCUT2D eigenvalue weighted by molar-refractivity contribution is 5.59. The average Bonchev–Trinajstić information content (AvgIpc) is 2.40. The molecule has 0 atom stereocenters. The summed E-state index contributed by atoms with van der Waals surface area (Å²) in [6.45, 7) is 0.428. The van der Waals surface area contributed by atoms with Crippen molar-refractivity contribution in [3.63, 3.8) is 0 Å². The Morgan fingerprint density at radius 3 is 2.35 bits per heavy atom. The second-order valence-electron chi connectivity index (χ2n) is 4.47. The average molecular weight is 280 g/mol. The van der Waals surface area contributed by atoms with Gasteiger partial charge in [-0.2, -0.15) is 13.2 Å². The van der Waals surface area contributed by atoms with E-state index < -0.39 is 11.7 Å². The van der Waals surface area contributed by atoms with Gasteiger partial charge in [-0.05, 0) is 30.2 Å². The van der Waals surface area contributed by atoms with Gasteiger partial charge >= 0.3 is 6.18 Å². The Balaban J connectivity index is 2.06. The molecule has 0 aromatic heterocycles. The number of hydrogen-bond donors (Lipinski definition) is 2. The Bertz CT molecular complexity index is 565. The van der Waals surface area contributed by atoms with Crippen molar-refractivity contribution < 1.29 is 13.2 Å². The van der Waals surface area contributed by atoms with Crippen molar-refractivity contribution in [3.05, 3.63) is 59.7 Å². The summed E-state index contributed by atoms with van der Waals surface area (Å²) < 4.78 is 38.6. The highest BCUT2D eigenvalue weighted by Gasteiger charge is 2.33. The third-order valence-corrected chi connectivity index (χ3v) is 2.92. The summed E-state index contributed by atoms with van der Waals surface area (Å²) in [5, 5.41) is 2.82. The van der Waals surface area contributed by atoms with E-state index in [-0.39, 0.29) is 11.4 Å². The van der Waals surface area contributed by atoms with E-state index in [0.717, 1.165) is 11.6 Å². The summed E-state index contributed by atoms with van der Waals surface area (Å²) >= 11 is 0. The van der Waals surface area contributed by atoms with Gasteiger partial charge < -0.3 is 11.1 Å². The topological polar surface area (TPSA) is 38.0 Å². The van der Waals surface area contributed by atoms with E-state index in [1.54, 1.807) is 0 Å². The molecule has 0 aliphatic carbocycles. The molecule has 5 heteroatoms. The smallest absolute Gasteiger partial charge is 0.399 e. The van der Waals surface area contributed by atoms with E-state index in [1.165, 1.54) is 12.1 Å². The van der Waals surface area contributed by atoms with Crippen molar-refractivity contribution in [3.8, 4) is 0 Å². The van der Waals surface area contributed by atoms with E-state index >= 15 is 0 Å². The molecule has 2 rings (SSSR count). The Morgan fingerprint density at radius 1 is 1.00 bits per heavy atom. The number of anilines is 2. The lowest BCUT2D eigenvalue weighted by Gasteiger charge is -2.15. The van der Waals surface area contributed by atoms with Crippen LogP contribution < -0.4 is 11.1 Å². The first-order chi connectivity index (χ1) is 9.47.